The highest BCUT2D eigenvalue weighted by atomic mass is 127. The Morgan fingerprint density at radius 2 is 1.96 bits per heavy atom. The number of aliphatic hydroxyl groups excluding tert-OH is 1. The van der Waals surface area contributed by atoms with Gasteiger partial charge in [0.15, 0.2) is 5.96 Å². The summed E-state index contributed by atoms with van der Waals surface area (Å²) in [7, 11) is 0. The van der Waals surface area contributed by atoms with E-state index in [0.29, 0.717) is 13.1 Å². The summed E-state index contributed by atoms with van der Waals surface area (Å²) in [6.07, 6.45) is 4.60. The van der Waals surface area contributed by atoms with Crippen molar-refractivity contribution in [3.8, 4) is 0 Å². The zero-order valence-electron chi connectivity index (χ0n) is 14.9. The van der Waals surface area contributed by atoms with E-state index in [2.05, 4.69) is 39.2 Å². The van der Waals surface area contributed by atoms with Crippen LogP contribution in [0.4, 0.5) is 0 Å². The highest BCUT2D eigenvalue weighted by Gasteiger charge is 2.15. The van der Waals surface area contributed by atoms with Crippen LogP contribution in [-0.2, 0) is 6.54 Å². The maximum absolute atomic E-state index is 9.54. The summed E-state index contributed by atoms with van der Waals surface area (Å²) in [5.74, 6) is 0.827. The van der Waals surface area contributed by atoms with E-state index in [1.165, 1.54) is 5.56 Å². The minimum absolute atomic E-state index is 0. The Bertz CT molecular complexity index is 501. The van der Waals surface area contributed by atoms with E-state index in [0.717, 1.165) is 51.4 Å². The molecule has 0 aromatic heterocycles. The molecule has 140 valence electrons. The predicted octanol–water partition coefficient (Wildman–Crippen LogP) is 2.37. The molecule has 0 spiro atoms. The molecule has 1 saturated heterocycles. The van der Waals surface area contributed by atoms with Crippen LogP contribution in [0.15, 0.2) is 48.0 Å². The Morgan fingerprint density at radius 1 is 1.24 bits per heavy atom. The van der Waals surface area contributed by atoms with Gasteiger partial charge in [0.25, 0.3) is 0 Å². The second-order valence-corrected chi connectivity index (χ2v) is 6.17. The van der Waals surface area contributed by atoms with Crippen LogP contribution in [-0.4, -0.2) is 54.8 Å². The van der Waals surface area contributed by atoms with E-state index in [9.17, 15) is 5.11 Å². The molecule has 2 rings (SSSR count). The second kappa shape index (κ2) is 13.1. The molecule has 1 fully saturated rings. The summed E-state index contributed by atoms with van der Waals surface area (Å²) in [6, 6.07) is 10.2. The Balaban J connectivity index is 0.00000312. The first-order valence-corrected chi connectivity index (χ1v) is 8.85. The molecule has 6 heteroatoms. The first kappa shape index (κ1) is 21.9. The lowest BCUT2D eigenvalue weighted by molar-refractivity contribution is 0.0823. The van der Waals surface area contributed by atoms with Crippen molar-refractivity contribution in [2.24, 2.45) is 4.99 Å². The number of benzene rings is 1. The van der Waals surface area contributed by atoms with E-state index < -0.39 is 0 Å². The maximum Gasteiger partial charge on any atom is 0.191 e. The number of aliphatic hydroxyl groups is 1. The molecule has 25 heavy (non-hydrogen) atoms. The van der Waals surface area contributed by atoms with Crippen LogP contribution in [0.1, 0.15) is 24.8 Å². The molecule has 0 unspecified atom stereocenters. The van der Waals surface area contributed by atoms with Crippen LogP contribution in [0.2, 0.25) is 0 Å². The summed E-state index contributed by atoms with van der Waals surface area (Å²) in [5, 5.41) is 16.2. The number of hydrogen-bond acceptors (Lipinski definition) is 3. The summed E-state index contributed by atoms with van der Waals surface area (Å²) >= 11 is 0. The van der Waals surface area contributed by atoms with Crippen molar-refractivity contribution >= 4 is 29.9 Å². The molecule has 3 N–H and O–H groups in total. The molecular weight excluding hydrogens is 427 g/mol. The molecule has 0 atom stereocenters. The third-order valence-corrected chi connectivity index (χ3v) is 4.18. The van der Waals surface area contributed by atoms with Gasteiger partial charge in [-0.05, 0) is 31.4 Å². The van der Waals surface area contributed by atoms with Crippen LogP contribution < -0.4 is 10.6 Å². The number of likely N-dealkylation sites (tertiary alicyclic amines) is 1. The number of hydrogen-bond donors (Lipinski definition) is 3. The molecule has 1 aromatic rings. The van der Waals surface area contributed by atoms with Gasteiger partial charge < -0.3 is 20.6 Å². The van der Waals surface area contributed by atoms with Crippen molar-refractivity contribution in [2.45, 2.75) is 31.9 Å². The van der Waals surface area contributed by atoms with E-state index >= 15 is 0 Å². The van der Waals surface area contributed by atoms with Gasteiger partial charge in [-0.3, -0.25) is 0 Å². The van der Waals surface area contributed by atoms with Gasteiger partial charge in [-0.25, -0.2) is 4.99 Å². The maximum atomic E-state index is 9.54. The van der Waals surface area contributed by atoms with Crippen molar-refractivity contribution in [1.29, 1.82) is 0 Å². The molecule has 0 radical (unpaired) electrons. The fourth-order valence-corrected chi connectivity index (χ4v) is 2.75. The monoisotopic (exact) mass is 458 g/mol. The van der Waals surface area contributed by atoms with E-state index in [4.69, 9.17) is 0 Å². The highest BCUT2D eigenvalue weighted by molar-refractivity contribution is 14.0. The number of aliphatic imine (C=N–C) groups is 1. The van der Waals surface area contributed by atoms with Crippen molar-refractivity contribution in [2.75, 3.05) is 32.7 Å². The highest BCUT2D eigenvalue weighted by Crippen LogP contribution is 2.09. The van der Waals surface area contributed by atoms with Gasteiger partial charge in [0.1, 0.15) is 0 Å². The normalized spacial score (nSPS) is 16.1. The summed E-state index contributed by atoms with van der Waals surface area (Å²) in [6.45, 7) is 9.06. The molecule has 1 aromatic carbocycles. The van der Waals surface area contributed by atoms with Gasteiger partial charge in [-0.2, -0.15) is 0 Å². The lowest BCUT2D eigenvalue weighted by Gasteiger charge is -2.29. The number of guanidine groups is 1. The van der Waals surface area contributed by atoms with Crippen molar-refractivity contribution < 1.29 is 5.11 Å². The SMILES string of the molecule is C=CCNC(=NCc1ccccc1)NCCCN1CCC(O)CC1.I. The number of rotatable bonds is 8. The second-order valence-electron chi connectivity index (χ2n) is 6.17. The standard InChI is InChI=1S/C19H30N4O.HI/c1-2-11-20-19(22-16-17-7-4-3-5-8-17)21-12-6-13-23-14-9-18(24)10-15-23;/h2-5,7-8,18,24H,1,6,9-16H2,(H2,20,21,22);1H. The number of piperidine rings is 1. The van der Waals surface area contributed by atoms with Crippen molar-refractivity contribution in [3.63, 3.8) is 0 Å². The Kier molecular flexibility index (Phi) is 11.5. The van der Waals surface area contributed by atoms with Crippen LogP contribution >= 0.6 is 24.0 Å². The van der Waals surface area contributed by atoms with Gasteiger partial charge in [-0.15, -0.1) is 30.6 Å². The largest absolute Gasteiger partial charge is 0.393 e. The van der Waals surface area contributed by atoms with E-state index in [-0.39, 0.29) is 30.1 Å². The van der Waals surface area contributed by atoms with E-state index in [1.54, 1.807) is 0 Å². The first-order valence-electron chi connectivity index (χ1n) is 8.85. The zero-order valence-corrected chi connectivity index (χ0v) is 17.2. The quantitative estimate of drug-likeness (QED) is 0.184. The average molecular weight is 458 g/mol. The molecule has 0 aliphatic carbocycles. The molecule has 5 nitrogen and oxygen atoms in total. The number of nitrogens with one attached hydrogen (secondary N) is 2. The molecule has 1 aliphatic rings. The molecular formula is C19H31IN4O. The van der Waals surface area contributed by atoms with Crippen LogP contribution in [0, 0.1) is 0 Å². The third kappa shape index (κ3) is 9.23. The number of nitrogens with zero attached hydrogens (tertiary/aromatic N) is 2. The van der Waals surface area contributed by atoms with Crippen LogP contribution in [0.3, 0.4) is 0 Å². The molecule has 1 aliphatic heterocycles. The van der Waals surface area contributed by atoms with Crippen molar-refractivity contribution in [3.05, 3.63) is 48.6 Å². The Hall–Kier alpha value is -1.12. The topological polar surface area (TPSA) is 59.9 Å². The first-order chi connectivity index (χ1) is 11.8. The van der Waals surface area contributed by atoms with Gasteiger partial charge in [0.05, 0.1) is 12.6 Å². The fraction of sp³-hybridized carbons (Fsp3) is 0.526. The Labute approximate surface area is 168 Å². The van der Waals surface area contributed by atoms with Gasteiger partial charge >= 0.3 is 0 Å². The van der Waals surface area contributed by atoms with Crippen LogP contribution in [0.25, 0.3) is 0 Å². The van der Waals surface area contributed by atoms with Gasteiger partial charge in [0.2, 0.25) is 0 Å². The molecule has 0 amide bonds. The van der Waals surface area contributed by atoms with Crippen molar-refractivity contribution in [1.82, 2.24) is 15.5 Å². The van der Waals surface area contributed by atoms with Gasteiger partial charge in [0, 0.05) is 26.2 Å². The smallest absolute Gasteiger partial charge is 0.191 e. The minimum Gasteiger partial charge on any atom is -0.393 e. The molecule has 0 bridgehead atoms. The van der Waals surface area contributed by atoms with Gasteiger partial charge in [-0.1, -0.05) is 36.4 Å². The molecule has 1 heterocycles. The summed E-state index contributed by atoms with van der Waals surface area (Å²) < 4.78 is 0. The average Bonchev–Trinajstić information content (AvgIpc) is 2.62. The molecule has 0 saturated carbocycles. The third-order valence-electron chi connectivity index (χ3n) is 4.18. The minimum atomic E-state index is -0.0980. The Morgan fingerprint density at radius 3 is 2.64 bits per heavy atom. The lowest BCUT2D eigenvalue weighted by Crippen LogP contribution is -2.40. The number of halogens is 1. The fourth-order valence-electron chi connectivity index (χ4n) is 2.75. The summed E-state index contributed by atoms with van der Waals surface area (Å²) in [5.41, 5.74) is 1.20. The lowest BCUT2D eigenvalue weighted by atomic mass is 10.1. The summed E-state index contributed by atoms with van der Waals surface area (Å²) in [4.78, 5) is 7.05. The van der Waals surface area contributed by atoms with E-state index in [1.807, 2.05) is 24.3 Å². The zero-order chi connectivity index (χ0) is 17.0. The van der Waals surface area contributed by atoms with Crippen LogP contribution in [0.5, 0.6) is 0 Å². The predicted molar refractivity (Wildman–Crippen MR) is 115 cm³/mol.